The van der Waals surface area contributed by atoms with Gasteiger partial charge in [0.15, 0.2) is 0 Å². The van der Waals surface area contributed by atoms with Gasteiger partial charge in [-0.1, -0.05) is 19.8 Å². The summed E-state index contributed by atoms with van der Waals surface area (Å²) in [4.78, 5) is 2.50. The highest BCUT2D eigenvalue weighted by Gasteiger charge is 2.17. The van der Waals surface area contributed by atoms with Crippen LogP contribution in [-0.2, 0) is 0 Å². The summed E-state index contributed by atoms with van der Waals surface area (Å²) in [6, 6.07) is 0.668. The molecule has 0 aliphatic heterocycles. The molecule has 1 aliphatic rings. The van der Waals surface area contributed by atoms with Crippen LogP contribution in [0.25, 0.3) is 0 Å². The maximum Gasteiger partial charge on any atom is 0.0189 e. The zero-order valence-corrected chi connectivity index (χ0v) is 10.1. The van der Waals surface area contributed by atoms with Crippen molar-refractivity contribution in [3.05, 3.63) is 0 Å². The van der Waals surface area contributed by atoms with E-state index in [2.05, 4.69) is 31.2 Å². The Bertz CT molecular complexity index is 133. The average Bonchev–Trinajstić information content (AvgIpc) is 2.66. The van der Waals surface area contributed by atoms with Crippen molar-refractivity contribution < 1.29 is 0 Å². The second-order valence-electron chi connectivity index (χ2n) is 4.77. The predicted molar refractivity (Wildman–Crippen MR) is 62.6 cm³/mol. The minimum absolute atomic E-state index is 0.668. The molecule has 1 unspecified atom stereocenters. The number of rotatable bonds is 6. The zero-order chi connectivity index (χ0) is 10.4. The Morgan fingerprint density at radius 1 is 1.36 bits per heavy atom. The lowest BCUT2D eigenvalue weighted by atomic mass is 10.1. The summed E-state index contributed by atoms with van der Waals surface area (Å²) in [5.41, 5.74) is 0. The summed E-state index contributed by atoms with van der Waals surface area (Å²) in [7, 11) is 4.33. The van der Waals surface area contributed by atoms with E-state index in [4.69, 9.17) is 0 Å². The van der Waals surface area contributed by atoms with Gasteiger partial charge in [0.2, 0.25) is 0 Å². The van der Waals surface area contributed by atoms with Gasteiger partial charge in [0, 0.05) is 19.1 Å². The van der Waals surface area contributed by atoms with Crippen LogP contribution in [-0.4, -0.2) is 38.1 Å². The molecule has 1 N–H and O–H groups in total. The summed E-state index contributed by atoms with van der Waals surface area (Å²) in [6.45, 7) is 4.76. The molecule has 0 heterocycles. The zero-order valence-electron chi connectivity index (χ0n) is 10.1. The maximum atomic E-state index is 3.37. The molecule has 84 valence electrons. The van der Waals surface area contributed by atoms with Gasteiger partial charge in [-0.3, -0.25) is 0 Å². The highest BCUT2D eigenvalue weighted by molar-refractivity contribution is 4.73. The lowest BCUT2D eigenvalue weighted by Crippen LogP contribution is -2.38. The first-order valence-corrected chi connectivity index (χ1v) is 6.12. The monoisotopic (exact) mass is 198 g/mol. The van der Waals surface area contributed by atoms with Crippen LogP contribution in [0.2, 0.25) is 0 Å². The Labute approximate surface area is 89.1 Å². The minimum Gasteiger partial charge on any atom is -0.316 e. The van der Waals surface area contributed by atoms with Gasteiger partial charge in [-0.15, -0.1) is 0 Å². The Kier molecular flexibility index (Phi) is 5.49. The first kappa shape index (κ1) is 12.0. The summed E-state index contributed by atoms with van der Waals surface area (Å²) >= 11 is 0. The van der Waals surface area contributed by atoms with E-state index in [1.54, 1.807) is 0 Å². The lowest BCUT2D eigenvalue weighted by molar-refractivity contribution is 0.250. The molecule has 1 saturated carbocycles. The molecule has 1 rings (SSSR count). The number of hydrogen-bond acceptors (Lipinski definition) is 2. The normalized spacial score (nSPS) is 20.6. The SMILES string of the molecule is CCC(CN(C)CC1CCCC1)NC. The van der Waals surface area contributed by atoms with Gasteiger partial charge < -0.3 is 10.2 Å². The van der Waals surface area contributed by atoms with Crippen molar-refractivity contribution >= 4 is 0 Å². The molecule has 0 saturated heterocycles. The fourth-order valence-electron chi connectivity index (χ4n) is 2.51. The van der Waals surface area contributed by atoms with Crippen LogP contribution < -0.4 is 5.32 Å². The van der Waals surface area contributed by atoms with Crippen molar-refractivity contribution in [1.82, 2.24) is 10.2 Å². The Balaban J connectivity index is 2.16. The first-order valence-electron chi connectivity index (χ1n) is 6.12. The van der Waals surface area contributed by atoms with Crippen LogP contribution in [0.1, 0.15) is 39.0 Å². The Morgan fingerprint density at radius 2 is 2.00 bits per heavy atom. The molecular formula is C12H26N2. The second-order valence-corrected chi connectivity index (χ2v) is 4.77. The van der Waals surface area contributed by atoms with Crippen LogP contribution in [0.4, 0.5) is 0 Å². The number of hydrogen-bond donors (Lipinski definition) is 1. The van der Waals surface area contributed by atoms with Crippen LogP contribution in [0, 0.1) is 5.92 Å². The summed E-state index contributed by atoms with van der Waals surface area (Å²) in [5.74, 6) is 0.981. The topological polar surface area (TPSA) is 15.3 Å². The molecular weight excluding hydrogens is 172 g/mol. The average molecular weight is 198 g/mol. The van der Waals surface area contributed by atoms with Crippen LogP contribution in [0.15, 0.2) is 0 Å². The van der Waals surface area contributed by atoms with Gasteiger partial charge in [-0.25, -0.2) is 0 Å². The number of nitrogens with zero attached hydrogens (tertiary/aromatic N) is 1. The Morgan fingerprint density at radius 3 is 2.50 bits per heavy atom. The highest BCUT2D eigenvalue weighted by atomic mass is 15.1. The molecule has 1 aliphatic carbocycles. The van der Waals surface area contributed by atoms with E-state index < -0.39 is 0 Å². The van der Waals surface area contributed by atoms with E-state index in [1.165, 1.54) is 45.2 Å². The van der Waals surface area contributed by atoms with Crippen molar-refractivity contribution in [2.24, 2.45) is 5.92 Å². The lowest BCUT2D eigenvalue weighted by Gasteiger charge is -2.25. The van der Waals surface area contributed by atoms with Crippen molar-refractivity contribution in [3.8, 4) is 0 Å². The van der Waals surface area contributed by atoms with Crippen molar-refractivity contribution in [1.29, 1.82) is 0 Å². The third kappa shape index (κ3) is 3.97. The molecule has 0 radical (unpaired) electrons. The molecule has 1 fully saturated rings. The fraction of sp³-hybridized carbons (Fsp3) is 1.00. The molecule has 0 bridgehead atoms. The summed E-state index contributed by atoms with van der Waals surface area (Å²) < 4.78 is 0. The largest absolute Gasteiger partial charge is 0.316 e. The maximum absolute atomic E-state index is 3.37. The molecule has 0 spiro atoms. The van der Waals surface area contributed by atoms with E-state index in [1.807, 2.05) is 0 Å². The van der Waals surface area contributed by atoms with Gasteiger partial charge in [0.1, 0.15) is 0 Å². The third-order valence-corrected chi connectivity index (χ3v) is 3.48. The minimum atomic E-state index is 0.668. The van der Waals surface area contributed by atoms with Gasteiger partial charge in [-0.2, -0.15) is 0 Å². The molecule has 1 atom stereocenters. The van der Waals surface area contributed by atoms with Gasteiger partial charge in [0.25, 0.3) is 0 Å². The molecule has 2 heteroatoms. The van der Waals surface area contributed by atoms with Crippen LogP contribution >= 0.6 is 0 Å². The smallest absolute Gasteiger partial charge is 0.0189 e. The quantitative estimate of drug-likeness (QED) is 0.703. The second kappa shape index (κ2) is 6.41. The first-order chi connectivity index (χ1) is 6.76. The van der Waals surface area contributed by atoms with E-state index in [0.29, 0.717) is 6.04 Å². The van der Waals surface area contributed by atoms with Gasteiger partial charge >= 0.3 is 0 Å². The van der Waals surface area contributed by atoms with Crippen molar-refractivity contribution in [2.75, 3.05) is 27.2 Å². The van der Waals surface area contributed by atoms with Crippen molar-refractivity contribution in [3.63, 3.8) is 0 Å². The molecule has 0 aromatic rings. The molecule has 14 heavy (non-hydrogen) atoms. The molecule has 2 nitrogen and oxygen atoms in total. The molecule has 0 aromatic heterocycles. The molecule has 0 amide bonds. The third-order valence-electron chi connectivity index (χ3n) is 3.48. The van der Waals surface area contributed by atoms with Gasteiger partial charge in [-0.05, 0) is 39.3 Å². The van der Waals surface area contributed by atoms with E-state index in [-0.39, 0.29) is 0 Å². The Hall–Kier alpha value is -0.0800. The summed E-state index contributed by atoms with van der Waals surface area (Å²) in [5, 5.41) is 3.37. The summed E-state index contributed by atoms with van der Waals surface area (Å²) in [6.07, 6.45) is 7.07. The van der Waals surface area contributed by atoms with E-state index >= 15 is 0 Å². The standard InChI is InChI=1S/C12H26N2/c1-4-12(13-2)10-14(3)9-11-7-5-6-8-11/h11-13H,4-10H2,1-3H3. The van der Waals surface area contributed by atoms with E-state index in [0.717, 1.165) is 5.92 Å². The highest BCUT2D eigenvalue weighted by Crippen LogP contribution is 2.25. The van der Waals surface area contributed by atoms with Crippen LogP contribution in [0.3, 0.4) is 0 Å². The number of likely N-dealkylation sites (N-methyl/N-ethyl adjacent to an activating group) is 2. The predicted octanol–water partition coefficient (Wildman–Crippen LogP) is 2.11. The van der Waals surface area contributed by atoms with E-state index in [9.17, 15) is 0 Å². The number of nitrogens with one attached hydrogen (secondary N) is 1. The van der Waals surface area contributed by atoms with Crippen LogP contribution in [0.5, 0.6) is 0 Å². The molecule has 0 aromatic carbocycles. The van der Waals surface area contributed by atoms with Gasteiger partial charge in [0.05, 0.1) is 0 Å². The fourth-order valence-corrected chi connectivity index (χ4v) is 2.51. The van der Waals surface area contributed by atoms with Crippen molar-refractivity contribution in [2.45, 2.75) is 45.1 Å².